The van der Waals surface area contributed by atoms with Crippen molar-refractivity contribution in [3.05, 3.63) is 65.7 Å². The van der Waals surface area contributed by atoms with Crippen LogP contribution in [0.3, 0.4) is 0 Å². The standard InChI is InChI=1S/C24H29N5OS/c1-4-28-23(20-13-9-8-10-18(20)2)25-26-24(28)31-17-22(30)29-15-14-27(3)16-21(29)19-11-6-5-7-12-19/h5-13,21H,4,14-17H2,1-3H3. The SMILES string of the molecule is CCn1c(SCC(=O)N2CCN(C)CC2c2ccccc2)nnc1-c1ccccc1C. The van der Waals surface area contributed by atoms with Gasteiger partial charge in [0.25, 0.3) is 0 Å². The van der Waals surface area contributed by atoms with Gasteiger partial charge < -0.3 is 14.4 Å². The Labute approximate surface area is 188 Å². The molecule has 1 aromatic heterocycles. The molecular weight excluding hydrogens is 406 g/mol. The van der Waals surface area contributed by atoms with Crippen LogP contribution in [-0.4, -0.2) is 62.9 Å². The molecule has 0 N–H and O–H groups in total. The summed E-state index contributed by atoms with van der Waals surface area (Å²) in [7, 11) is 2.11. The minimum atomic E-state index is 0.0830. The molecule has 0 bridgehead atoms. The zero-order chi connectivity index (χ0) is 21.8. The molecule has 162 valence electrons. The Kier molecular flexibility index (Phi) is 6.73. The number of benzene rings is 2. The molecule has 1 amide bonds. The summed E-state index contributed by atoms with van der Waals surface area (Å²) >= 11 is 1.48. The minimum absolute atomic E-state index is 0.0830. The fraction of sp³-hybridized carbons (Fsp3) is 0.375. The highest BCUT2D eigenvalue weighted by atomic mass is 32.2. The summed E-state index contributed by atoms with van der Waals surface area (Å²) in [6.07, 6.45) is 0. The second-order valence-corrected chi connectivity index (χ2v) is 8.87. The number of carbonyl (C=O) groups excluding carboxylic acids is 1. The van der Waals surface area contributed by atoms with Crippen LogP contribution in [0.4, 0.5) is 0 Å². The molecule has 1 fully saturated rings. The fourth-order valence-corrected chi connectivity index (χ4v) is 4.98. The number of thioether (sulfide) groups is 1. The van der Waals surface area contributed by atoms with E-state index in [2.05, 4.69) is 64.8 Å². The molecular formula is C24H29N5OS. The van der Waals surface area contributed by atoms with E-state index in [1.165, 1.54) is 22.9 Å². The van der Waals surface area contributed by atoms with Crippen molar-refractivity contribution >= 4 is 17.7 Å². The quantitative estimate of drug-likeness (QED) is 0.550. The smallest absolute Gasteiger partial charge is 0.233 e. The number of nitrogens with zero attached hydrogens (tertiary/aromatic N) is 5. The van der Waals surface area contributed by atoms with E-state index in [0.29, 0.717) is 5.75 Å². The van der Waals surface area contributed by atoms with Crippen LogP contribution in [0.5, 0.6) is 0 Å². The molecule has 2 heterocycles. The Balaban J connectivity index is 1.50. The van der Waals surface area contributed by atoms with E-state index in [1.54, 1.807) is 0 Å². The summed E-state index contributed by atoms with van der Waals surface area (Å²) in [4.78, 5) is 17.5. The van der Waals surface area contributed by atoms with Crippen molar-refractivity contribution < 1.29 is 4.79 Å². The van der Waals surface area contributed by atoms with Gasteiger partial charge in [0.05, 0.1) is 11.8 Å². The van der Waals surface area contributed by atoms with Crippen molar-refractivity contribution in [3.63, 3.8) is 0 Å². The van der Waals surface area contributed by atoms with Crippen molar-refractivity contribution in [2.75, 3.05) is 32.4 Å². The fourth-order valence-electron chi connectivity index (χ4n) is 4.09. The third-order valence-corrected chi connectivity index (χ3v) is 6.78. The highest BCUT2D eigenvalue weighted by Crippen LogP contribution is 2.29. The Morgan fingerprint density at radius 3 is 2.55 bits per heavy atom. The lowest BCUT2D eigenvalue weighted by atomic mass is 10.0. The average Bonchev–Trinajstić information content (AvgIpc) is 3.21. The summed E-state index contributed by atoms with van der Waals surface area (Å²) in [5.74, 6) is 1.37. The first-order valence-corrected chi connectivity index (χ1v) is 11.7. The van der Waals surface area contributed by atoms with Gasteiger partial charge in [0.1, 0.15) is 0 Å². The van der Waals surface area contributed by atoms with Gasteiger partial charge in [0.2, 0.25) is 5.91 Å². The molecule has 31 heavy (non-hydrogen) atoms. The van der Waals surface area contributed by atoms with Crippen LogP contribution in [-0.2, 0) is 11.3 Å². The lowest BCUT2D eigenvalue weighted by Gasteiger charge is -2.40. The third kappa shape index (κ3) is 4.67. The Morgan fingerprint density at radius 1 is 1.06 bits per heavy atom. The highest BCUT2D eigenvalue weighted by molar-refractivity contribution is 7.99. The largest absolute Gasteiger partial charge is 0.332 e. The molecule has 0 radical (unpaired) electrons. The minimum Gasteiger partial charge on any atom is -0.332 e. The zero-order valence-corrected chi connectivity index (χ0v) is 19.2. The summed E-state index contributed by atoms with van der Waals surface area (Å²) < 4.78 is 2.10. The molecule has 1 atom stereocenters. The molecule has 0 spiro atoms. The highest BCUT2D eigenvalue weighted by Gasteiger charge is 2.30. The number of hydrogen-bond acceptors (Lipinski definition) is 5. The van der Waals surface area contributed by atoms with Gasteiger partial charge in [0, 0.05) is 31.7 Å². The monoisotopic (exact) mass is 435 g/mol. The van der Waals surface area contributed by atoms with E-state index in [-0.39, 0.29) is 11.9 Å². The maximum atomic E-state index is 13.2. The van der Waals surface area contributed by atoms with Gasteiger partial charge in [-0.3, -0.25) is 4.79 Å². The summed E-state index contributed by atoms with van der Waals surface area (Å²) in [5, 5.41) is 9.64. The zero-order valence-electron chi connectivity index (χ0n) is 18.4. The van der Waals surface area contributed by atoms with Crippen molar-refractivity contribution in [1.29, 1.82) is 0 Å². The van der Waals surface area contributed by atoms with E-state index in [1.807, 2.05) is 35.2 Å². The predicted octanol–water partition coefficient (Wildman–Crippen LogP) is 3.88. The van der Waals surface area contributed by atoms with Crippen molar-refractivity contribution in [2.45, 2.75) is 31.6 Å². The number of hydrogen-bond donors (Lipinski definition) is 0. The number of aromatic nitrogens is 3. The van der Waals surface area contributed by atoms with Crippen LogP contribution < -0.4 is 0 Å². The van der Waals surface area contributed by atoms with Crippen molar-refractivity contribution in [1.82, 2.24) is 24.6 Å². The lowest BCUT2D eigenvalue weighted by molar-refractivity contribution is -0.133. The number of piperazine rings is 1. The van der Waals surface area contributed by atoms with E-state index in [0.717, 1.165) is 42.7 Å². The Bertz CT molecular complexity index is 1040. The molecule has 0 aliphatic carbocycles. The van der Waals surface area contributed by atoms with Crippen LogP contribution in [0.2, 0.25) is 0 Å². The first kappa shape index (κ1) is 21.6. The van der Waals surface area contributed by atoms with E-state index in [9.17, 15) is 4.79 Å². The van der Waals surface area contributed by atoms with E-state index >= 15 is 0 Å². The molecule has 1 aliphatic heterocycles. The van der Waals surface area contributed by atoms with Gasteiger partial charge in [-0.2, -0.15) is 0 Å². The number of amides is 1. The number of likely N-dealkylation sites (N-methyl/N-ethyl adjacent to an activating group) is 1. The molecule has 1 unspecified atom stereocenters. The van der Waals surface area contributed by atoms with Crippen molar-refractivity contribution in [2.24, 2.45) is 0 Å². The maximum Gasteiger partial charge on any atom is 0.233 e. The predicted molar refractivity (Wildman–Crippen MR) is 125 cm³/mol. The third-order valence-electron chi connectivity index (χ3n) is 5.83. The first-order chi connectivity index (χ1) is 15.1. The second kappa shape index (κ2) is 9.66. The van der Waals surface area contributed by atoms with Gasteiger partial charge in [0.15, 0.2) is 11.0 Å². The normalized spacial score (nSPS) is 17.1. The second-order valence-electron chi connectivity index (χ2n) is 7.93. The molecule has 1 saturated heterocycles. The van der Waals surface area contributed by atoms with Gasteiger partial charge in [-0.1, -0.05) is 66.4 Å². The summed E-state index contributed by atoms with van der Waals surface area (Å²) in [6, 6.07) is 18.6. The topological polar surface area (TPSA) is 54.3 Å². The van der Waals surface area contributed by atoms with E-state index in [4.69, 9.17) is 0 Å². The van der Waals surface area contributed by atoms with Crippen molar-refractivity contribution in [3.8, 4) is 11.4 Å². The Morgan fingerprint density at radius 2 is 1.81 bits per heavy atom. The van der Waals surface area contributed by atoms with Crippen LogP contribution in [0.15, 0.2) is 59.8 Å². The summed E-state index contributed by atoms with van der Waals surface area (Å²) in [5.41, 5.74) is 3.43. The first-order valence-electron chi connectivity index (χ1n) is 10.7. The van der Waals surface area contributed by atoms with Crippen LogP contribution in [0, 0.1) is 6.92 Å². The molecule has 0 saturated carbocycles. The lowest BCUT2D eigenvalue weighted by Crippen LogP contribution is -2.49. The summed E-state index contributed by atoms with van der Waals surface area (Å²) in [6.45, 7) is 7.41. The van der Waals surface area contributed by atoms with Gasteiger partial charge in [-0.15, -0.1) is 10.2 Å². The molecule has 1 aliphatic rings. The van der Waals surface area contributed by atoms with Gasteiger partial charge in [-0.05, 0) is 32.0 Å². The molecule has 2 aromatic carbocycles. The van der Waals surface area contributed by atoms with Crippen LogP contribution in [0.1, 0.15) is 24.1 Å². The Hall–Kier alpha value is -2.64. The molecule has 7 heteroatoms. The average molecular weight is 436 g/mol. The van der Waals surface area contributed by atoms with Crippen LogP contribution in [0.25, 0.3) is 11.4 Å². The van der Waals surface area contributed by atoms with E-state index < -0.39 is 0 Å². The van der Waals surface area contributed by atoms with Gasteiger partial charge in [-0.25, -0.2) is 0 Å². The van der Waals surface area contributed by atoms with Crippen LogP contribution >= 0.6 is 11.8 Å². The number of carbonyl (C=O) groups is 1. The van der Waals surface area contributed by atoms with Gasteiger partial charge >= 0.3 is 0 Å². The maximum absolute atomic E-state index is 13.2. The molecule has 3 aromatic rings. The molecule has 6 nitrogen and oxygen atoms in total. The number of aryl methyl sites for hydroxylation is 1. The number of rotatable bonds is 6. The molecule has 4 rings (SSSR count).